The molecule has 3 aromatic rings. The van der Waals surface area contributed by atoms with Crippen molar-refractivity contribution in [1.29, 1.82) is 0 Å². The van der Waals surface area contributed by atoms with Crippen molar-refractivity contribution in [2.75, 3.05) is 26.2 Å². The molecule has 1 N–H and O–H groups in total. The normalized spacial score (nSPS) is 13.5. The summed E-state index contributed by atoms with van der Waals surface area (Å²) in [5, 5.41) is 3.18. The zero-order valence-electron chi connectivity index (χ0n) is 19.6. The quantitative estimate of drug-likeness (QED) is 0.399. The second kappa shape index (κ2) is 11.7. The van der Waals surface area contributed by atoms with Gasteiger partial charge in [0.2, 0.25) is 5.91 Å². The summed E-state index contributed by atoms with van der Waals surface area (Å²) in [6.07, 6.45) is -4.43. The van der Waals surface area contributed by atoms with Gasteiger partial charge in [0.1, 0.15) is 5.75 Å². The Morgan fingerprint density at radius 2 is 1.49 bits per heavy atom. The summed E-state index contributed by atoms with van der Waals surface area (Å²) in [5.41, 5.74) is 1.83. The topological polar surface area (TPSA) is 58.6 Å². The van der Waals surface area contributed by atoms with Crippen LogP contribution in [0.1, 0.15) is 19.4 Å². The molecule has 1 aliphatic heterocycles. The molecule has 0 aromatic heterocycles. The van der Waals surface area contributed by atoms with Crippen molar-refractivity contribution in [3.05, 3.63) is 78.4 Å². The number of esters is 1. The number of amides is 1. The van der Waals surface area contributed by atoms with Crippen LogP contribution in [0.4, 0.5) is 13.2 Å². The lowest BCUT2D eigenvalue weighted by atomic mass is 9.93. The Balaban J connectivity index is 0.000000320. The van der Waals surface area contributed by atoms with E-state index in [-0.39, 0.29) is 11.7 Å². The van der Waals surface area contributed by atoms with Gasteiger partial charge in [0, 0.05) is 40.0 Å². The second-order valence-corrected chi connectivity index (χ2v) is 8.00. The van der Waals surface area contributed by atoms with Gasteiger partial charge in [-0.15, -0.1) is 0 Å². The van der Waals surface area contributed by atoms with Gasteiger partial charge in [-0.1, -0.05) is 48.5 Å². The predicted molar refractivity (Wildman–Crippen MR) is 129 cm³/mol. The lowest BCUT2D eigenvalue weighted by Gasteiger charge is -2.25. The molecule has 5 nitrogen and oxygen atoms in total. The van der Waals surface area contributed by atoms with E-state index >= 15 is 0 Å². The highest BCUT2D eigenvalue weighted by atomic mass is 19.4. The van der Waals surface area contributed by atoms with Crippen molar-refractivity contribution in [2.45, 2.75) is 20.0 Å². The fourth-order valence-corrected chi connectivity index (χ4v) is 3.70. The Bertz CT molecular complexity index is 1160. The van der Waals surface area contributed by atoms with Gasteiger partial charge in [-0.05, 0) is 46.5 Å². The third-order valence-electron chi connectivity index (χ3n) is 5.40. The first kappa shape index (κ1) is 26.0. The number of nitrogens with zero attached hydrogens (tertiary/aromatic N) is 1. The molecule has 0 unspecified atom stereocenters. The molecule has 8 heteroatoms. The highest BCUT2D eigenvalue weighted by Gasteiger charge is 2.30. The van der Waals surface area contributed by atoms with E-state index in [4.69, 9.17) is 4.74 Å². The van der Waals surface area contributed by atoms with Crippen LogP contribution in [-0.2, 0) is 15.8 Å². The lowest BCUT2D eigenvalue weighted by molar-refractivity contribution is -0.137. The van der Waals surface area contributed by atoms with Crippen molar-refractivity contribution >= 4 is 11.9 Å². The lowest BCUT2D eigenvalue weighted by Crippen LogP contribution is -2.45. The SMILES string of the molecule is CC(=O)N1CCNCC1.CC(=O)Oc1ccc(-c2ccccc2)c(-c2cccc(C(F)(F)F)c2)c1. The molecule has 4 rings (SSSR count). The van der Waals surface area contributed by atoms with Crippen molar-refractivity contribution < 1.29 is 27.5 Å². The molecular weight excluding hydrogens is 457 g/mol. The number of alkyl halides is 3. The minimum atomic E-state index is -4.43. The molecule has 184 valence electrons. The van der Waals surface area contributed by atoms with Crippen LogP contribution < -0.4 is 10.1 Å². The first-order valence-electron chi connectivity index (χ1n) is 11.2. The Morgan fingerprint density at radius 3 is 2.06 bits per heavy atom. The zero-order chi connectivity index (χ0) is 25.4. The zero-order valence-corrected chi connectivity index (χ0v) is 19.6. The molecule has 0 spiro atoms. The van der Waals surface area contributed by atoms with E-state index in [0.29, 0.717) is 11.1 Å². The molecule has 0 bridgehead atoms. The van der Waals surface area contributed by atoms with Gasteiger partial charge in [-0.2, -0.15) is 13.2 Å². The first-order chi connectivity index (χ1) is 16.6. The van der Waals surface area contributed by atoms with Crippen LogP contribution in [0.2, 0.25) is 0 Å². The molecule has 0 radical (unpaired) electrons. The van der Waals surface area contributed by atoms with Gasteiger partial charge < -0.3 is 15.0 Å². The summed E-state index contributed by atoms with van der Waals surface area (Å²) in [5.74, 6) is -0.0199. The number of halogens is 3. The average molecular weight is 485 g/mol. The van der Waals surface area contributed by atoms with E-state index in [1.165, 1.54) is 13.0 Å². The number of carbonyl (C=O) groups is 2. The molecule has 1 amide bonds. The molecule has 3 aromatic carbocycles. The highest BCUT2D eigenvalue weighted by molar-refractivity contribution is 5.85. The Morgan fingerprint density at radius 1 is 0.829 bits per heavy atom. The number of carbonyl (C=O) groups excluding carboxylic acids is 2. The van der Waals surface area contributed by atoms with Crippen LogP contribution in [0.5, 0.6) is 5.75 Å². The van der Waals surface area contributed by atoms with Crippen LogP contribution >= 0.6 is 0 Å². The van der Waals surface area contributed by atoms with Crippen molar-refractivity contribution in [2.24, 2.45) is 0 Å². The van der Waals surface area contributed by atoms with Crippen LogP contribution in [-0.4, -0.2) is 43.0 Å². The van der Waals surface area contributed by atoms with Crippen molar-refractivity contribution in [3.63, 3.8) is 0 Å². The van der Waals surface area contributed by atoms with E-state index in [0.717, 1.165) is 49.4 Å². The number of piperazine rings is 1. The number of rotatable bonds is 3. The fourth-order valence-electron chi connectivity index (χ4n) is 3.70. The van der Waals surface area contributed by atoms with Gasteiger partial charge >= 0.3 is 12.1 Å². The predicted octanol–water partition coefficient (Wildman–Crippen LogP) is 5.40. The summed E-state index contributed by atoms with van der Waals surface area (Å²) < 4.78 is 44.4. The van der Waals surface area contributed by atoms with E-state index < -0.39 is 17.7 Å². The number of hydrogen-bond acceptors (Lipinski definition) is 4. The van der Waals surface area contributed by atoms with Crippen molar-refractivity contribution in [3.8, 4) is 28.0 Å². The van der Waals surface area contributed by atoms with Gasteiger partial charge in [0.15, 0.2) is 0 Å². The maximum atomic E-state index is 13.1. The van der Waals surface area contributed by atoms with E-state index in [1.807, 2.05) is 35.2 Å². The van der Waals surface area contributed by atoms with Gasteiger partial charge in [0.05, 0.1) is 5.56 Å². The smallest absolute Gasteiger partial charge is 0.416 e. The molecule has 0 atom stereocenters. The Kier molecular flexibility index (Phi) is 8.65. The summed E-state index contributed by atoms with van der Waals surface area (Å²) in [7, 11) is 0. The van der Waals surface area contributed by atoms with Crippen LogP contribution in [0, 0.1) is 0 Å². The monoisotopic (exact) mass is 484 g/mol. The fraction of sp³-hybridized carbons (Fsp3) is 0.259. The molecule has 0 saturated carbocycles. The number of nitrogens with one attached hydrogen (secondary N) is 1. The minimum absolute atomic E-state index is 0.191. The maximum Gasteiger partial charge on any atom is 0.416 e. The summed E-state index contributed by atoms with van der Waals surface area (Å²) >= 11 is 0. The third-order valence-corrected chi connectivity index (χ3v) is 5.40. The highest BCUT2D eigenvalue weighted by Crippen LogP contribution is 2.38. The number of benzene rings is 3. The van der Waals surface area contributed by atoms with E-state index in [2.05, 4.69) is 5.32 Å². The van der Waals surface area contributed by atoms with Gasteiger partial charge in [0.25, 0.3) is 0 Å². The van der Waals surface area contributed by atoms with Crippen LogP contribution in [0.3, 0.4) is 0 Å². The minimum Gasteiger partial charge on any atom is -0.427 e. The van der Waals surface area contributed by atoms with Gasteiger partial charge in [-0.3, -0.25) is 9.59 Å². The molecule has 1 heterocycles. The standard InChI is InChI=1S/C21H15F3O2.C6H12N2O/c1-14(25)26-18-10-11-19(15-6-3-2-4-7-15)20(13-18)16-8-5-9-17(12-16)21(22,23)24;1-6(9)8-4-2-7-3-5-8/h2-13H,1H3;7H,2-5H2,1H3. The summed E-state index contributed by atoms with van der Waals surface area (Å²) in [6, 6.07) is 19.4. The first-order valence-corrected chi connectivity index (χ1v) is 11.2. The largest absolute Gasteiger partial charge is 0.427 e. The maximum absolute atomic E-state index is 13.1. The van der Waals surface area contributed by atoms with Gasteiger partial charge in [-0.25, -0.2) is 0 Å². The van der Waals surface area contributed by atoms with Crippen molar-refractivity contribution in [1.82, 2.24) is 10.2 Å². The van der Waals surface area contributed by atoms with E-state index in [9.17, 15) is 22.8 Å². The molecule has 1 fully saturated rings. The molecule has 1 saturated heterocycles. The molecule has 1 aliphatic rings. The molecular formula is C27H27F3N2O3. The Labute approximate surface area is 202 Å². The van der Waals surface area contributed by atoms with E-state index in [1.54, 1.807) is 31.2 Å². The summed E-state index contributed by atoms with van der Waals surface area (Å²) in [6.45, 7) is 6.52. The number of ether oxygens (including phenoxy) is 1. The molecule has 35 heavy (non-hydrogen) atoms. The number of hydrogen-bond donors (Lipinski definition) is 1. The van der Waals surface area contributed by atoms with Crippen LogP contribution in [0.25, 0.3) is 22.3 Å². The Hall–Kier alpha value is -3.65. The molecule has 0 aliphatic carbocycles. The second-order valence-electron chi connectivity index (χ2n) is 8.00. The summed E-state index contributed by atoms with van der Waals surface area (Å²) in [4.78, 5) is 23.8. The average Bonchev–Trinajstić information content (AvgIpc) is 2.85. The third kappa shape index (κ3) is 7.42. The van der Waals surface area contributed by atoms with Crippen LogP contribution in [0.15, 0.2) is 72.8 Å².